The fourth-order valence-corrected chi connectivity index (χ4v) is 3.31. The van der Waals surface area contributed by atoms with Crippen LogP contribution in [0, 0.1) is 5.92 Å². The van der Waals surface area contributed by atoms with Gasteiger partial charge in [0, 0.05) is 17.5 Å². The number of thiophene rings is 1. The van der Waals surface area contributed by atoms with Gasteiger partial charge in [0.2, 0.25) is 0 Å². The van der Waals surface area contributed by atoms with E-state index >= 15 is 0 Å². The fraction of sp³-hybridized carbons (Fsp3) is 0.643. The molecule has 1 aromatic rings. The maximum absolute atomic E-state index is 12.0. The lowest BCUT2D eigenvalue weighted by atomic mass is 9.99. The standard InChI is InChI=1S/C14H22N2OS/c1-9(2)11(15)8-16-14(17)13-7-10-5-3-4-6-12(10)18-13/h7,9,11H,3-6,8,15H2,1-2H3,(H,16,17). The Morgan fingerprint density at radius 3 is 2.83 bits per heavy atom. The van der Waals surface area contributed by atoms with Crippen LogP contribution in [0.1, 0.15) is 46.8 Å². The predicted molar refractivity (Wildman–Crippen MR) is 76.1 cm³/mol. The molecule has 0 bridgehead atoms. The Bertz CT molecular complexity index is 402. The van der Waals surface area contributed by atoms with Crippen molar-refractivity contribution in [3.05, 3.63) is 21.4 Å². The summed E-state index contributed by atoms with van der Waals surface area (Å²) in [6, 6.07) is 2.10. The highest BCUT2D eigenvalue weighted by molar-refractivity contribution is 7.14. The third-order valence-electron chi connectivity index (χ3n) is 3.58. The van der Waals surface area contributed by atoms with Crippen molar-refractivity contribution in [2.24, 2.45) is 11.7 Å². The Balaban J connectivity index is 1.95. The molecule has 1 atom stereocenters. The van der Waals surface area contributed by atoms with E-state index in [4.69, 9.17) is 5.73 Å². The normalized spacial score (nSPS) is 16.4. The van der Waals surface area contributed by atoms with Crippen LogP contribution < -0.4 is 11.1 Å². The van der Waals surface area contributed by atoms with E-state index in [1.165, 1.54) is 23.3 Å². The SMILES string of the molecule is CC(C)C(N)CNC(=O)c1cc2c(s1)CCCC2. The summed E-state index contributed by atoms with van der Waals surface area (Å²) in [6.45, 7) is 4.69. The molecule has 2 rings (SSSR count). The molecule has 0 spiro atoms. The summed E-state index contributed by atoms with van der Waals surface area (Å²) in [7, 11) is 0. The van der Waals surface area contributed by atoms with E-state index in [9.17, 15) is 4.79 Å². The van der Waals surface area contributed by atoms with E-state index in [2.05, 4.69) is 25.2 Å². The van der Waals surface area contributed by atoms with Crippen LogP contribution in [0.25, 0.3) is 0 Å². The van der Waals surface area contributed by atoms with Crippen molar-refractivity contribution < 1.29 is 4.79 Å². The summed E-state index contributed by atoms with van der Waals surface area (Å²) in [5.74, 6) is 0.423. The number of hydrogen-bond donors (Lipinski definition) is 2. The Hall–Kier alpha value is -0.870. The lowest BCUT2D eigenvalue weighted by Gasteiger charge is -2.15. The highest BCUT2D eigenvalue weighted by Gasteiger charge is 2.17. The number of nitrogens with one attached hydrogen (secondary N) is 1. The van der Waals surface area contributed by atoms with E-state index in [1.54, 1.807) is 11.3 Å². The average Bonchev–Trinajstić information content (AvgIpc) is 2.79. The van der Waals surface area contributed by atoms with Gasteiger partial charge in [0.05, 0.1) is 4.88 Å². The van der Waals surface area contributed by atoms with Crippen molar-refractivity contribution in [3.63, 3.8) is 0 Å². The average molecular weight is 266 g/mol. The maximum atomic E-state index is 12.0. The molecule has 0 aliphatic heterocycles. The maximum Gasteiger partial charge on any atom is 0.261 e. The van der Waals surface area contributed by atoms with Gasteiger partial charge in [-0.1, -0.05) is 13.8 Å². The number of rotatable bonds is 4. The Morgan fingerprint density at radius 2 is 2.17 bits per heavy atom. The minimum Gasteiger partial charge on any atom is -0.350 e. The largest absolute Gasteiger partial charge is 0.350 e. The van der Waals surface area contributed by atoms with Crippen molar-refractivity contribution in [3.8, 4) is 0 Å². The van der Waals surface area contributed by atoms with Crippen LogP contribution in [-0.2, 0) is 12.8 Å². The summed E-state index contributed by atoms with van der Waals surface area (Å²) in [6.07, 6.45) is 4.78. The third-order valence-corrected chi connectivity index (χ3v) is 4.81. The number of hydrogen-bond acceptors (Lipinski definition) is 3. The van der Waals surface area contributed by atoms with E-state index < -0.39 is 0 Å². The van der Waals surface area contributed by atoms with Gasteiger partial charge in [-0.15, -0.1) is 11.3 Å². The molecular weight excluding hydrogens is 244 g/mol. The van der Waals surface area contributed by atoms with Crippen molar-refractivity contribution in [2.45, 2.75) is 45.6 Å². The molecule has 3 N–H and O–H groups in total. The second kappa shape index (κ2) is 5.85. The summed E-state index contributed by atoms with van der Waals surface area (Å²) < 4.78 is 0. The molecule has 3 nitrogen and oxygen atoms in total. The van der Waals surface area contributed by atoms with Gasteiger partial charge >= 0.3 is 0 Å². The van der Waals surface area contributed by atoms with Crippen LogP contribution in [-0.4, -0.2) is 18.5 Å². The van der Waals surface area contributed by atoms with Crippen molar-refractivity contribution >= 4 is 17.2 Å². The van der Waals surface area contributed by atoms with E-state index in [0.717, 1.165) is 17.7 Å². The van der Waals surface area contributed by atoms with Gasteiger partial charge < -0.3 is 11.1 Å². The number of aryl methyl sites for hydroxylation is 2. The Morgan fingerprint density at radius 1 is 1.44 bits per heavy atom. The minimum atomic E-state index is 0.0311. The van der Waals surface area contributed by atoms with Crippen molar-refractivity contribution in [1.29, 1.82) is 0 Å². The van der Waals surface area contributed by atoms with Crippen molar-refractivity contribution in [2.75, 3.05) is 6.54 Å². The molecule has 1 unspecified atom stereocenters. The molecular formula is C14H22N2OS. The number of amides is 1. The summed E-state index contributed by atoms with van der Waals surface area (Å²) in [4.78, 5) is 14.3. The predicted octanol–water partition coefficient (Wildman–Crippen LogP) is 2.34. The molecule has 1 aromatic heterocycles. The van der Waals surface area contributed by atoms with Crippen LogP contribution in [0.3, 0.4) is 0 Å². The molecule has 0 saturated carbocycles. The molecule has 4 heteroatoms. The molecule has 1 aliphatic carbocycles. The molecule has 0 fully saturated rings. The van der Waals surface area contributed by atoms with Gasteiger partial charge in [0.25, 0.3) is 5.91 Å². The summed E-state index contributed by atoms with van der Waals surface area (Å²) >= 11 is 1.65. The van der Waals surface area contributed by atoms with Gasteiger partial charge in [0.1, 0.15) is 0 Å². The first-order valence-corrected chi connectivity index (χ1v) is 7.55. The molecule has 0 saturated heterocycles. The molecule has 1 aliphatic rings. The third kappa shape index (κ3) is 3.12. The van der Waals surface area contributed by atoms with Crippen LogP contribution >= 0.6 is 11.3 Å². The zero-order chi connectivity index (χ0) is 13.1. The fourth-order valence-electron chi connectivity index (χ4n) is 2.14. The molecule has 100 valence electrons. The number of nitrogens with two attached hydrogens (primary N) is 1. The first-order valence-electron chi connectivity index (χ1n) is 6.73. The van der Waals surface area contributed by atoms with Crippen LogP contribution in [0.4, 0.5) is 0 Å². The summed E-state index contributed by atoms with van der Waals surface area (Å²) in [5, 5.41) is 2.94. The smallest absolute Gasteiger partial charge is 0.261 e. The van der Waals surface area contributed by atoms with E-state index in [-0.39, 0.29) is 11.9 Å². The summed E-state index contributed by atoms with van der Waals surface area (Å²) in [5.41, 5.74) is 7.31. The Kier molecular flexibility index (Phi) is 4.40. The topological polar surface area (TPSA) is 55.1 Å². The van der Waals surface area contributed by atoms with Crippen LogP contribution in [0.15, 0.2) is 6.07 Å². The van der Waals surface area contributed by atoms with Crippen LogP contribution in [0.2, 0.25) is 0 Å². The zero-order valence-corrected chi connectivity index (χ0v) is 12.0. The number of carbonyl (C=O) groups is 1. The van der Waals surface area contributed by atoms with Crippen LogP contribution in [0.5, 0.6) is 0 Å². The van der Waals surface area contributed by atoms with E-state index in [0.29, 0.717) is 12.5 Å². The minimum absolute atomic E-state index is 0.0311. The van der Waals surface area contributed by atoms with Crippen molar-refractivity contribution in [1.82, 2.24) is 5.32 Å². The second-order valence-electron chi connectivity index (χ2n) is 5.38. The molecule has 1 amide bonds. The van der Waals surface area contributed by atoms with Gasteiger partial charge in [-0.3, -0.25) is 4.79 Å². The lowest BCUT2D eigenvalue weighted by Crippen LogP contribution is -2.40. The first kappa shape index (κ1) is 13.6. The van der Waals surface area contributed by atoms with Gasteiger partial charge in [-0.25, -0.2) is 0 Å². The Labute approximate surface area is 113 Å². The highest BCUT2D eigenvalue weighted by Crippen LogP contribution is 2.29. The van der Waals surface area contributed by atoms with E-state index in [1.807, 2.05) is 0 Å². The van der Waals surface area contributed by atoms with Gasteiger partial charge in [0.15, 0.2) is 0 Å². The highest BCUT2D eigenvalue weighted by atomic mass is 32.1. The molecule has 0 aromatic carbocycles. The monoisotopic (exact) mass is 266 g/mol. The molecule has 18 heavy (non-hydrogen) atoms. The molecule has 0 radical (unpaired) electrons. The molecule has 1 heterocycles. The lowest BCUT2D eigenvalue weighted by molar-refractivity contribution is 0.0953. The van der Waals surface area contributed by atoms with Gasteiger partial charge in [-0.2, -0.15) is 0 Å². The first-order chi connectivity index (χ1) is 8.58. The second-order valence-corrected chi connectivity index (χ2v) is 6.52. The number of fused-ring (bicyclic) bond motifs is 1. The number of carbonyl (C=O) groups excluding carboxylic acids is 1. The van der Waals surface area contributed by atoms with Gasteiger partial charge in [-0.05, 0) is 43.2 Å². The zero-order valence-electron chi connectivity index (χ0n) is 11.2. The quantitative estimate of drug-likeness (QED) is 0.879.